The fourth-order valence-electron chi connectivity index (χ4n) is 4.49. The molecule has 3 aliphatic rings. The molecular formula is C20H28N4O2. The van der Waals surface area contributed by atoms with Gasteiger partial charge in [-0.3, -0.25) is 14.6 Å². The van der Waals surface area contributed by atoms with Crippen LogP contribution in [0, 0.1) is 25.7 Å². The number of aryl methyl sites for hydroxylation is 2. The smallest absolute Gasteiger partial charge is 0.239 e. The van der Waals surface area contributed by atoms with E-state index >= 15 is 0 Å². The van der Waals surface area contributed by atoms with Crippen LogP contribution < -0.4 is 10.2 Å². The van der Waals surface area contributed by atoms with Crippen LogP contribution in [0.5, 0.6) is 0 Å². The summed E-state index contributed by atoms with van der Waals surface area (Å²) in [5.41, 5.74) is 3.26. The van der Waals surface area contributed by atoms with E-state index in [1.165, 1.54) is 18.5 Å². The number of anilines is 1. The number of carbonyl (C=O) groups is 2. The summed E-state index contributed by atoms with van der Waals surface area (Å²) in [5, 5.41) is 3.24. The third-order valence-corrected chi connectivity index (χ3v) is 5.88. The predicted molar refractivity (Wildman–Crippen MR) is 99.9 cm³/mol. The van der Waals surface area contributed by atoms with Crippen LogP contribution in [0.4, 0.5) is 5.69 Å². The van der Waals surface area contributed by atoms with Crippen LogP contribution >= 0.6 is 0 Å². The normalized spacial score (nSPS) is 25.8. The number of likely N-dealkylation sites (tertiary alicyclic amines) is 1. The zero-order chi connectivity index (χ0) is 18.3. The maximum atomic E-state index is 12.5. The molecule has 0 aromatic carbocycles. The maximum absolute atomic E-state index is 12.5. The molecule has 6 nitrogen and oxygen atoms in total. The third-order valence-electron chi connectivity index (χ3n) is 5.88. The number of aromatic nitrogens is 1. The van der Waals surface area contributed by atoms with Crippen LogP contribution in [0.15, 0.2) is 12.1 Å². The molecule has 0 radical (unpaired) electrons. The molecule has 3 fully saturated rings. The first-order chi connectivity index (χ1) is 12.5. The van der Waals surface area contributed by atoms with E-state index in [2.05, 4.69) is 27.3 Å². The molecular weight excluding hydrogens is 328 g/mol. The second kappa shape index (κ2) is 6.89. The minimum Gasteiger partial charge on any atom is -0.369 e. The van der Waals surface area contributed by atoms with Crippen LogP contribution in [-0.4, -0.2) is 53.9 Å². The Labute approximate surface area is 155 Å². The van der Waals surface area contributed by atoms with Crippen molar-refractivity contribution in [1.29, 1.82) is 0 Å². The molecule has 2 aliphatic heterocycles. The van der Waals surface area contributed by atoms with E-state index in [9.17, 15) is 9.59 Å². The van der Waals surface area contributed by atoms with Gasteiger partial charge < -0.3 is 15.1 Å². The highest BCUT2D eigenvalue weighted by atomic mass is 16.2. The van der Waals surface area contributed by atoms with Crippen LogP contribution in [0.3, 0.4) is 0 Å². The van der Waals surface area contributed by atoms with Gasteiger partial charge in [-0.25, -0.2) is 0 Å². The van der Waals surface area contributed by atoms with Gasteiger partial charge in [-0.1, -0.05) is 0 Å². The van der Waals surface area contributed by atoms with E-state index in [0.717, 1.165) is 36.8 Å². The molecule has 1 aliphatic carbocycles. The van der Waals surface area contributed by atoms with Gasteiger partial charge in [0.25, 0.3) is 0 Å². The Hall–Kier alpha value is -2.11. The Morgan fingerprint density at radius 2 is 1.96 bits per heavy atom. The number of nitrogens with zero attached hydrogens (tertiary/aromatic N) is 3. The van der Waals surface area contributed by atoms with Crippen molar-refractivity contribution in [3.63, 3.8) is 0 Å². The van der Waals surface area contributed by atoms with Crippen LogP contribution in [0.2, 0.25) is 0 Å². The lowest BCUT2D eigenvalue weighted by atomic mass is 9.98. The summed E-state index contributed by atoms with van der Waals surface area (Å²) in [7, 11) is 0. The molecule has 0 bridgehead atoms. The summed E-state index contributed by atoms with van der Waals surface area (Å²) < 4.78 is 0. The van der Waals surface area contributed by atoms with E-state index in [4.69, 9.17) is 0 Å². The number of rotatable bonds is 5. The number of nitrogens with one attached hydrogen (secondary N) is 1. The molecule has 140 valence electrons. The molecule has 6 heteroatoms. The molecule has 0 unspecified atom stereocenters. The highest BCUT2D eigenvalue weighted by Gasteiger charge is 2.43. The zero-order valence-corrected chi connectivity index (χ0v) is 15.7. The summed E-state index contributed by atoms with van der Waals surface area (Å²) in [6.07, 6.45) is 3.98. The van der Waals surface area contributed by atoms with Crippen molar-refractivity contribution in [1.82, 2.24) is 15.2 Å². The molecule has 4 rings (SSSR count). The first-order valence-corrected chi connectivity index (χ1v) is 9.77. The van der Waals surface area contributed by atoms with Gasteiger partial charge in [0.15, 0.2) is 0 Å². The highest BCUT2D eigenvalue weighted by Crippen LogP contribution is 2.42. The quantitative estimate of drug-likeness (QED) is 0.871. The third kappa shape index (κ3) is 3.69. The van der Waals surface area contributed by atoms with Gasteiger partial charge in [-0.15, -0.1) is 0 Å². The molecule has 1 saturated carbocycles. The van der Waals surface area contributed by atoms with Gasteiger partial charge in [0, 0.05) is 49.0 Å². The first-order valence-electron chi connectivity index (χ1n) is 9.77. The molecule has 2 saturated heterocycles. The topological polar surface area (TPSA) is 65.5 Å². The van der Waals surface area contributed by atoms with Gasteiger partial charge in [0.05, 0.1) is 12.6 Å². The molecule has 26 heavy (non-hydrogen) atoms. The average Bonchev–Trinajstić information content (AvgIpc) is 3.22. The lowest BCUT2D eigenvalue weighted by Crippen LogP contribution is -2.46. The molecule has 2 atom stereocenters. The fraction of sp³-hybridized carbons (Fsp3) is 0.650. The van der Waals surface area contributed by atoms with Crippen molar-refractivity contribution in [3.05, 3.63) is 23.5 Å². The van der Waals surface area contributed by atoms with Gasteiger partial charge in [-0.05, 0) is 51.2 Å². The average molecular weight is 356 g/mol. The largest absolute Gasteiger partial charge is 0.369 e. The van der Waals surface area contributed by atoms with Gasteiger partial charge in [-0.2, -0.15) is 0 Å². The van der Waals surface area contributed by atoms with Gasteiger partial charge in [0.2, 0.25) is 11.8 Å². The van der Waals surface area contributed by atoms with Gasteiger partial charge >= 0.3 is 0 Å². The molecule has 1 aromatic rings. The molecule has 1 aromatic heterocycles. The van der Waals surface area contributed by atoms with E-state index in [1.54, 1.807) is 4.90 Å². The minimum absolute atomic E-state index is 0.0140. The lowest BCUT2D eigenvalue weighted by molar-refractivity contribution is -0.133. The Balaban J connectivity index is 1.43. The van der Waals surface area contributed by atoms with Crippen molar-refractivity contribution in [2.75, 3.05) is 31.1 Å². The van der Waals surface area contributed by atoms with Crippen molar-refractivity contribution >= 4 is 17.5 Å². The maximum Gasteiger partial charge on any atom is 0.239 e. The summed E-state index contributed by atoms with van der Waals surface area (Å²) >= 11 is 0. The molecule has 3 heterocycles. The first kappa shape index (κ1) is 17.3. The summed E-state index contributed by atoms with van der Waals surface area (Å²) in [4.78, 5) is 32.8. The van der Waals surface area contributed by atoms with Gasteiger partial charge in [0.1, 0.15) is 0 Å². The van der Waals surface area contributed by atoms with Crippen molar-refractivity contribution in [3.8, 4) is 0 Å². The second-order valence-corrected chi connectivity index (χ2v) is 8.11. The standard InChI is InChI=1S/C20H28N4O2/c1-13-8-16(9-14(2)21-13)24-10-17(15-5-6-15)18(11-24)22-19(25)12-23-7-3-4-20(23)26/h8-9,15,17-18H,3-7,10-12H2,1-2H3,(H,22,25)/t17-,18+/m0/s1. The Morgan fingerprint density at radius 3 is 2.58 bits per heavy atom. The zero-order valence-electron chi connectivity index (χ0n) is 15.7. The summed E-state index contributed by atoms with van der Waals surface area (Å²) in [6.45, 7) is 6.80. The van der Waals surface area contributed by atoms with Crippen LogP contribution in [0.1, 0.15) is 37.1 Å². The lowest BCUT2D eigenvalue weighted by Gasteiger charge is -2.22. The fourth-order valence-corrected chi connectivity index (χ4v) is 4.49. The molecule has 2 amide bonds. The van der Waals surface area contributed by atoms with Crippen LogP contribution in [-0.2, 0) is 9.59 Å². The van der Waals surface area contributed by atoms with E-state index < -0.39 is 0 Å². The van der Waals surface area contributed by atoms with Crippen molar-refractivity contribution in [2.24, 2.45) is 11.8 Å². The number of amides is 2. The van der Waals surface area contributed by atoms with E-state index in [-0.39, 0.29) is 24.4 Å². The molecule has 0 spiro atoms. The number of pyridine rings is 1. The molecule has 1 N–H and O–H groups in total. The Kier molecular flexibility index (Phi) is 4.59. The van der Waals surface area contributed by atoms with E-state index in [0.29, 0.717) is 18.9 Å². The number of hydrogen-bond donors (Lipinski definition) is 1. The summed E-state index contributed by atoms with van der Waals surface area (Å²) in [5.74, 6) is 1.32. The summed E-state index contributed by atoms with van der Waals surface area (Å²) in [6, 6.07) is 4.43. The number of carbonyl (C=O) groups excluding carboxylic acids is 2. The SMILES string of the molecule is Cc1cc(N2C[C@@H](NC(=O)CN3CCCC3=O)[C@H](C3CC3)C2)cc(C)n1. The van der Waals surface area contributed by atoms with E-state index in [1.807, 2.05) is 13.8 Å². The Morgan fingerprint density at radius 1 is 1.23 bits per heavy atom. The highest BCUT2D eigenvalue weighted by molar-refractivity contribution is 5.86. The minimum atomic E-state index is -0.0140. The monoisotopic (exact) mass is 356 g/mol. The van der Waals surface area contributed by atoms with Crippen molar-refractivity contribution < 1.29 is 9.59 Å². The van der Waals surface area contributed by atoms with Crippen LogP contribution in [0.25, 0.3) is 0 Å². The second-order valence-electron chi connectivity index (χ2n) is 8.11. The predicted octanol–water partition coefficient (Wildman–Crippen LogP) is 1.65. The number of hydrogen-bond acceptors (Lipinski definition) is 4. The Bertz CT molecular complexity index is 696. The van der Waals surface area contributed by atoms with Crippen molar-refractivity contribution in [2.45, 2.75) is 45.6 Å².